The van der Waals surface area contributed by atoms with Crippen molar-refractivity contribution in [3.63, 3.8) is 0 Å². The molecule has 0 aliphatic carbocycles. The van der Waals surface area contributed by atoms with Crippen molar-refractivity contribution in [2.24, 2.45) is 10.8 Å². The first kappa shape index (κ1) is 19.5. The number of rotatable bonds is 9. The summed E-state index contributed by atoms with van der Waals surface area (Å²) >= 11 is 0. The van der Waals surface area contributed by atoms with Crippen LogP contribution in [0, 0.1) is 5.41 Å². The summed E-state index contributed by atoms with van der Waals surface area (Å²) in [6.45, 7) is 7.99. The lowest BCUT2D eigenvalue weighted by Gasteiger charge is -2.14. The standard InChI is InChI=1S/C16H29FN4/c1-5-10-15(16(17)13(3)18)11-8-7-9-12-20-21(6-2)14(4)19/h8,10-13,16,19H,5-7,9,18H2,1-4H3. The maximum atomic E-state index is 13.9. The maximum Gasteiger partial charge on any atom is 0.140 e. The highest BCUT2D eigenvalue weighted by molar-refractivity contribution is 5.77. The molecule has 0 aromatic heterocycles. The van der Waals surface area contributed by atoms with Crippen LogP contribution in [-0.2, 0) is 0 Å². The maximum absolute atomic E-state index is 13.9. The van der Waals surface area contributed by atoms with E-state index in [1.165, 1.54) is 0 Å². The second kappa shape index (κ2) is 11.2. The molecule has 0 fully saturated rings. The minimum absolute atomic E-state index is 0.426. The molecule has 0 radical (unpaired) electrons. The fraction of sp³-hybridized carbons (Fsp3) is 0.625. The molecule has 2 unspecified atom stereocenters. The third-order valence-corrected chi connectivity index (χ3v) is 2.90. The topological polar surface area (TPSA) is 65.5 Å². The van der Waals surface area contributed by atoms with Gasteiger partial charge in [-0.1, -0.05) is 25.2 Å². The highest BCUT2D eigenvalue weighted by Gasteiger charge is 2.14. The van der Waals surface area contributed by atoms with E-state index in [1.807, 2.05) is 32.1 Å². The zero-order valence-corrected chi connectivity index (χ0v) is 13.6. The van der Waals surface area contributed by atoms with E-state index in [0.717, 1.165) is 19.3 Å². The van der Waals surface area contributed by atoms with Crippen molar-refractivity contribution in [2.45, 2.75) is 59.2 Å². The van der Waals surface area contributed by atoms with Gasteiger partial charge in [0.05, 0.1) is 0 Å². The normalized spacial score (nSPS) is 15.6. The zero-order valence-electron chi connectivity index (χ0n) is 13.6. The van der Waals surface area contributed by atoms with Gasteiger partial charge in [0.15, 0.2) is 0 Å². The first-order valence-electron chi connectivity index (χ1n) is 7.55. The number of alkyl halides is 1. The molecule has 2 atom stereocenters. The molecule has 4 nitrogen and oxygen atoms in total. The third kappa shape index (κ3) is 8.40. The molecule has 0 rings (SSSR count). The summed E-state index contributed by atoms with van der Waals surface area (Å²) in [5.74, 6) is 0.426. The highest BCUT2D eigenvalue weighted by atomic mass is 19.1. The summed E-state index contributed by atoms with van der Waals surface area (Å²) in [4.78, 5) is 0. The van der Waals surface area contributed by atoms with E-state index in [-0.39, 0.29) is 0 Å². The fourth-order valence-corrected chi connectivity index (χ4v) is 1.76. The Labute approximate surface area is 128 Å². The van der Waals surface area contributed by atoms with Gasteiger partial charge in [0.1, 0.15) is 12.0 Å². The Balaban J connectivity index is 4.34. The number of nitrogens with one attached hydrogen (secondary N) is 1. The van der Waals surface area contributed by atoms with Crippen molar-refractivity contribution in [3.05, 3.63) is 23.8 Å². The third-order valence-electron chi connectivity index (χ3n) is 2.90. The summed E-state index contributed by atoms with van der Waals surface area (Å²) < 4.78 is 13.9. The number of unbranched alkanes of at least 4 members (excludes halogenated alkanes) is 1. The van der Waals surface area contributed by atoms with Gasteiger partial charge in [-0.3, -0.25) is 10.4 Å². The Kier molecular flexibility index (Phi) is 10.4. The Morgan fingerprint density at radius 2 is 2.05 bits per heavy atom. The minimum atomic E-state index is -1.12. The van der Waals surface area contributed by atoms with E-state index in [4.69, 9.17) is 11.1 Å². The predicted molar refractivity (Wildman–Crippen MR) is 89.6 cm³/mol. The number of nitrogens with zero attached hydrogens (tertiary/aromatic N) is 2. The van der Waals surface area contributed by atoms with E-state index in [2.05, 4.69) is 5.10 Å². The minimum Gasteiger partial charge on any atom is -0.325 e. The molecule has 0 heterocycles. The average Bonchev–Trinajstić information content (AvgIpc) is 2.43. The molecule has 0 aliphatic rings. The van der Waals surface area contributed by atoms with Crippen molar-refractivity contribution in [1.29, 1.82) is 5.41 Å². The summed E-state index contributed by atoms with van der Waals surface area (Å²) in [6.07, 6.45) is 8.62. The summed E-state index contributed by atoms with van der Waals surface area (Å²) in [7, 11) is 0. The summed E-state index contributed by atoms with van der Waals surface area (Å²) in [5, 5.41) is 13.3. The van der Waals surface area contributed by atoms with E-state index in [0.29, 0.717) is 18.0 Å². The second-order valence-corrected chi connectivity index (χ2v) is 4.95. The fourth-order valence-electron chi connectivity index (χ4n) is 1.76. The van der Waals surface area contributed by atoms with Gasteiger partial charge in [0.25, 0.3) is 0 Å². The molecule has 0 bridgehead atoms. The van der Waals surface area contributed by atoms with Crippen LogP contribution >= 0.6 is 0 Å². The summed E-state index contributed by atoms with van der Waals surface area (Å²) in [6, 6.07) is -0.498. The van der Waals surface area contributed by atoms with Crippen molar-refractivity contribution >= 4 is 12.1 Å². The van der Waals surface area contributed by atoms with E-state index >= 15 is 0 Å². The molecule has 0 saturated heterocycles. The van der Waals surface area contributed by atoms with Crippen LogP contribution in [0.4, 0.5) is 4.39 Å². The van der Waals surface area contributed by atoms with Gasteiger partial charge in [0, 0.05) is 18.8 Å². The first-order chi connectivity index (χ1) is 9.93. The number of hydrazone groups is 1. The molecule has 0 aromatic rings. The van der Waals surface area contributed by atoms with Crippen molar-refractivity contribution in [2.75, 3.05) is 6.54 Å². The van der Waals surface area contributed by atoms with Crippen LogP contribution in [-0.4, -0.2) is 35.8 Å². The monoisotopic (exact) mass is 296 g/mol. The smallest absolute Gasteiger partial charge is 0.140 e. The lowest BCUT2D eigenvalue weighted by Crippen LogP contribution is -2.29. The molecule has 120 valence electrons. The molecule has 3 N–H and O–H groups in total. The van der Waals surface area contributed by atoms with Gasteiger partial charge < -0.3 is 5.73 Å². The molecule has 0 aliphatic heterocycles. The van der Waals surface area contributed by atoms with E-state index in [1.54, 1.807) is 25.1 Å². The van der Waals surface area contributed by atoms with Gasteiger partial charge >= 0.3 is 0 Å². The Morgan fingerprint density at radius 3 is 2.52 bits per heavy atom. The van der Waals surface area contributed by atoms with Gasteiger partial charge in [-0.25, -0.2) is 4.39 Å². The van der Waals surface area contributed by atoms with E-state index < -0.39 is 12.2 Å². The van der Waals surface area contributed by atoms with Crippen LogP contribution in [0.1, 0.15) is 47.0 Å². The predicted octanol–water partition coefficient (Wildman–Crippen LogP) is 3.65. The van der Waals surface area contributed by atoms with Crippen LogP contribution in [0.3, 0.4) is 0 Å². The number of nitrogens with two attached hydrogens (primary N) is 1. The molecule has 5 heteroatoms. The van der Waals surface area contributed by atoms with Gasteiger partial charge in [0.2, 0.25) is 0 Å². The number of allylic oxidation sites excluding steroid dienone is 3. The Morgan fingerprint density at radius 1 is 1.38 bits per heavy atom. The SMILES string of the molecule is CCC=C(C=CCCC=NN(CC)C(C)=N)C(F)C(C)N. The molecule has 0 saturated carbocycles. The van der Waals surface area contributed by atoms with Crippen LogP contribution in [0.25, 0.3) is 0 Å². The molecule has 21 heavy (non-hydrogen) atoms. The van der Waals surface area contributed by atoms with E-state index in [9.17, 15) is 4.39 Å². The number of amidine groups is 1. The molecule has 0 amide bonds. The highest BCUT2D eigenvalue weighted by Crippen LogP contribution is 2.13. The van der Waals surface area contributed by atoms with Crippen molar-refractivity contribution in [1.82, 2.24) is 5.01 Å². The van der Waals surface area contributed by atoms with Gasteiger partial charge in [-0.15, -0.1) is 0 Å². The second-order valence-electron chi connectivity index (χ2n) is 4.95. The lowest BCUT2D eigenvalue weighted by atomic mass is 10.0. The lowest BCUT2D eigenvalue weighted by molar-refractivity contribution is 0.341. The van der Waals surface area contributed by atoms with Gasteiger partial charge in [-0.2, -0.15) is 5.10 Å². The molecular weight excluding hydrogens is 267 g/mol. The molecular formula is C16H29FN4. The zero-order chi connectivity index (χ0) is 16.3. The Bertz CT molecular complexity index is 386. The van der Waals surface area contributed by atoms with Crippen molar-refractivity contribution < 1.29 is 4.39 Å². The molecule has 0 aromatic carbocycles. The summed E-state index contributed by atoms with van der Waals surface area (Å²) in [5.41, 5.74) is 6.25. The average molecular weight is 296 g/mol. The van der Waals surface area contributed by atoms with Crippen molar-refractivity contribution in [3.8, 4) is 0 Å². The van der Waals surface area contributed by atoms with Crippen LogP contribution in [0.2, 0.25) is 0 Å². The van der Waals surface area contributed by atoms with Gasteiger partial charge in [-0.05, 0) is 45.6 Å². The first-order valence-corrected chi connectivity index (χ1v) is 7.55. The number of hydrogen-bond donors (Lipinski definition) is 2. The molecule has 0 spiro atoms. The quantitative estimate of drug-likeness (QED) is 0.224. The van der Waals surface area contributed by atoms with Crippen LogP contribution in [0.15, 0.2) is 28.9 Å². The largest absolute Gasteiger partial charge is 0.325 e. The van der Waals surface area contributed by atoms with Crippen LogP contribution in [0.5, 0.6) is 0 Å². The van der Waals surface area contributed by atoms with Crippen LogP contribution < -0.4 is 5.73 Å². The number of halogens is 1. The number of hydrogen-bond acceptors (Lipinski definition) is 3. The Hall–Kier alpha value is -1.49.